The molecule has 1 aliphatic heterocycles. The van der Waals surface area contributed by atoms with Crippen molar-refractivity contribution in [1.29, 1.82) is 0 Å². The molecule has 0 bridgehead atoms. The molecule has 0 atom stereocenters. The van der Waals surface area contributed by atoms with Crippen molar-refractivity contribution in [3.63, 3.8) is 0 Å². The van der Waals surface area contributed by atoms with Gasteiger partial charge in [-0.1, -0.05) is 0 Å². The molecule has 1 radical (unpaired) electrons. The summed E-state index contributed by atoms with van der Waals surface area (Å²) in [6, 6.07) is 0. The lowest BCUT2D eigenvalue weighted by molar-refractivity contribution is 0.0665. The predicted molar refractivity (Wildman–Crippen MR) is 36.7 cm³/mol. The van der Waals surface area contributed by atoms with Gasteiger partial charge in [0, 0.05) is 0 Å². The van der Waals surface area contributed by atoms with Crippen molar-refractivity contribution < 1.29 is 4.74 Å². The van der Waals surface area contributed by atoms with Gasteiger partial charge >= 0.3 is 0 Å². The third-order valence-electron chi connectivity index (χ3n) is 2.10. The molecule has 1 rings (SSSR count). The van der Waals surface area contributed by atoms with Crippen molar-refractivity contribution >= 4 is 6.40 Å². The van der Waals surface area contributed by atoms with Crippen molar-refractivity contribution in [2.45, 2.75) is 38.8 Å². The van der Waals surface area contributed by atoms with E-state index in [2.05, 4.69) is 11.4 Å². The minimum atomic E-state index is -0.188. The summed E-state index contributed by atoms with van der Waals surface area (Å²) in [6.45, 7) is 8.09. The minimum absolute atomic E-state index is 0.118. The third kappa shape index (κ3) is 0.824. The molecular weight excluding hydrogens is 114 g/mol. The Morgan fingerprint density at radius 3 is 1.89 bits per heavy atom. The third-order valence-corrected chi connectivity index (χ3v) is 2.10. The highest BCUT2D eigenvalue weighted by Crippen LogP contribution is 2.31. The van der Waals surface area contributed by atoms with Gasteiger partial charge in [-0.05, 0) is 27.7 Å². The molecule has 0 aliphatic carbocycles. The van der Waals surface area contributed by atoms with Crippen LogP contribution in [0.1, 0.15) is 27.7 Å². The molecule has 9 heavy (non-hydrogen) atoms. The van der Waals surface area contributed by atoms with Crippen LogP contribution in [0.15, 0.2) is 4.99 Å². The molecule has 0 N–H and O–H groups in total. The van der Waals surface area contributed by atoms with E-state index in [0.29, 0.717) is 0 Å². The van der Waals surface area contributed by atoms with E-state index in [-0.39, 0.29) is 11.1 Å². The molecule has 0 fully saturated rings. The first-order valence-corrected chi connectivity index (χ1v) is 3.11. The van der Waals surface area contributed by atoms with Crippen LogP contribution < -0.4 is 0 Å². The van der Waals surface area contributed by atoms with Crippen LogP contribution >= 0.6 is 0 Å². The summed E-state index contributed by atoms with van der Waals surface area (Å²) < 4.78 is 5.14. The summed E-state index contributed by atoms with van der Waals surface area (Å²) in [5, 5.41) is 0. The lowest BCUT2D eigenvalue weighted by Gasteiger charge is -2.30. The van der Waals surface area contributed by atoms with E-state index in [1.54, 1.807) is 0 Å². The van der Waals surface area contributed by atoms with Gasteiger partial charge in [0.25, 0.3) is 6.40 Å². The first kappa shape index (κ1) is 6.59. The maximum atomic E-state index is 5.14. The van der Waals surface area contributed by atoms with E-state index in [9.17, 15) is 0 Å². The Balaban J connectivity index is 2.84. The molecule has 0 aromatic rings. The quantitative estimate of drug-likeness (QED) is 0.481. The van der Waals surface area contributed by atoms with E-state index in [1.807, 2.05) is 27.7 Å². The molecule has 1 aliphatic rings. The molecule has 1 heterocycles. The summed E-state index contributed by atoms with van der Waals surface area (Å²) >= 11 is 0. The highest BCUT2D eigenvalue weighted by Gasteiger charge is 2.42. The summed E-state index contributed by atoms with van der Waals surface area (Å²) in [5.74, 6) is 0. The van der Waals surface area contributed by atoms with Gasteiger partial charge in [0.05, 0.1) is 5.54 Å². The van der Waals surface area contributed by atoms with Crippen molar-refractivity contribution in [2.24, 2.45) is 4.99 Å². The Hall–Kier alpha value is -0.530. The standard InChI is InChI=1S/C7H12NO/c1-6(2)7(3,4)9-5-8-6/h1-4H3. The molecule has 2 heteroatoms. The second-order valence-corrected chi connectivity index (χ2v) is 3.37. The lowest BCUT2D eigenvalue weighted by atomic mass is 9.87. The lowest BCUT2D eigenvalue weighted by Crippen LogP contribution is -2.40. The summed E-state index contributed by atoms with van der Waals surface area (Å²) in [5.41, 5.74) is -0.306. The highest BCUT2D eigenvalue weighted by atomic mass is 16.5. The van der Waals surface area contributed by atoms with Crippen LogP contribution in [0.4, 0.5) is 0 Å². The van der Waals surface area contributed by atoms with Crippen molar-refractivity contribution in [3.8, 4) is 0 Å². The van der Waals surface area contributed by atoms with E-state index in [0.717, 1.165) is 0 Å². The highest BCUT2D eigenvalue weighted by molar-refractivity contribution is 5.52. The summed E-state index contributed by atoms with van der Waals surface area (Å²) in [6.07, 6.45) is 2.53. The van der Waals surface area contributed by atoms with Crippen LogP contribution in [0.25, 0.3) is 0 Å². The van der Waals surface area contributed by atoms with Gasteiger partial charge in [0.15, 0.2) is 0 Å². The summed E-state index contributed by atoms with van der Waals surface area (Å²) in [4.78, 5) is 4.05. The van der Waals surface area contributed by atoms with Crippen LogP contribution in [-0.2, 0) is 4.74 Å². The zero-order chi connectivity index (χ0) is 7.12. The van der Waals surface area contributed by atoms with Crippen LogP contribution in [-0.4, -0.2) is 17.5 Å². The predicted octanol–water partition coefficient (Wildman–Crippen LogP) is 1.48. The molecular formula is C7H12NO. The minimum Gasteiger partial charge on any atom is -0.465 e. The van der Waals surface area contributed by atoms with Gasteiger partial charge in [-0.2, -0.15) is 0 Å². The van der Waals surface area contributed by atoms with E-state index < -0.39 is 0 Å². The Bertz CT molecular complexity index is 147. The molecule has 0 spiro atoms. The number of ether oxygens (including phenoxy) is 1. The normalized spacial score (nSPS) is 28.0. The summed E-state index contributed by atoms with van der Waals surface area (Å²) in [7, 11) is 0. The molecule has 0 saturated carbocycles. The van der Waals surface area contributed by atoms with Crippen LogP contribution in [0.2, 0.25) is 0 Å². The molecule has 0 amide bonds. The number of aliphatic imine (C=N–C) groups is 1. The Kier molecular flexibility index (Phi) is 1.09. The molecule has 0 aromatic carbocycles. The van der Waals surface area contributed by atoms with Gasteiger partial charge in [-0.3, -0.25) is 0 Å². The Labute approximate surface area is 55.9 Å². The van der Waals surface area contributed by atoms with Gasteiger partial charge < -0.3 is 4.74 Å². The fourth-order valence-corrected chi connectivity index (χ4v) is 0.511. The van der Waals surface area contributed by atoms with Gasteiger partial charge in [-0.25, -0.2) is 4.99 Å². The number of rotatable bonds is 0. The van der Waals surface area contributed by atoms with E-state index >= 15 is 0 Å². The second-order valence-electron chi connectivity index (χ2n) is 3.37. The zero-order valence-corrected chi connectivity index (χ0v) is 6.36. The molecule has 51 valence electrons. The van der Waals surface area contributed by atoms with Crippen LogP contribution in [0, 0.1) is 0 Å². The Morgan fingerprint density at radius 1 is 1.22 bits per heavy atom. The zero-order valence-electron chi connectivity index (χ0n) is 6.36. The smallest absolute Gasteiger partial charge is 0.274 e. The van der Waals surface area contributed by atoms with Crippen molar-refractivity contribution in [2.75, 3.05) is 0 Å². The average Bonchev–Trinajstić information content (AvgIpc) is 1.81. The largest absolute Gasteiger partial charge is 0.465 e. The Morgan fingerprint density at radius 2 is 1.78 bits per heavy atom. The van der Waals surface area contributed by atoms with Gasteiger partial charge in [0.1, 0.15) is 5.60 Å². The second kappa shape index (κ2) is 1.49. The average molecular weight is 126 g/mol. The van der Waals surface area contributed by atoms with E-state index in [1.165, 1.54) is 0 Å². The molecule has 2 nitrogen and oxygen atoms in total. The SMILES string of the molecule is CC1(C)N=[C]OC1(C)C. The fourth-order valence-electron chi connectivity index (χ4n) is 0.511. The maximum absolute atomic E-state index is 5.14. The van der Waals surface area contributed by atoms with E-state index in [4.69, 9.17) is 4.74 Å². The first-order valence-electron chi connectivity index (χ1n) is 3.11. The van der Waals surface area contributed by atoms with Gasteiger partial charge in [-0.15, -0.1) is 0 Å². The topological polar surface area (TPSA) is 21.6 Å². The fraction of sp³-hybridized carbons (Fsp3) is 0.857. The number of hydrogen-bond acceptors (Lipinski definition) is 2. The van der Waals surface area contributed by atoms with Crippen LogP contribution in [0.3, 0.4) is 0 Å². The van der Waals surface area contributed by atoms with Gasteiger partial charge in [0.2, 0.25) is 0 Å². The van der Waals surface area contributed by atoms with Crippen molar-refractivity contribution in [3.05, 3.63) is 0 Å². The molecule has 0 saturated heterocycles. The molecule has 0 aromatic heterocycles. The first-order chi connectivity index (χ1) is 3.96. The van der Waals surface area contributed by atoms with Crippen molar-refractivity contribution in [1.82, 2.24) is 0 Å². The number of nitrogens with zero attached hydrogens (tertiary/aromatic N) is 1. The number of hydrogen-bond donors (Lipinski definition) is 0. The maximum Gasteiger partial charge on any atom is 0.274 e. The monoisotopic (exact) mass is 126 g/mol. The van der Waals surface area contributed by atoms with Crippen LogP contribution in [0.5, 0.6) is 0 Å². The molecule has 0 unspecified atom stereocenters.